The smallest absolute Gasteiger partial charge is 0.00135 e. The lowest BCUT2D eigenvalue weighted by molar-refractivity contribution is 1.26. The van der Waals surface area contributed by atoms with Gasteiger partial charge in [0.25, 0.3) is 0 Å². The van der Waals surface area contributed by atoms with E-state index < -0.39 is 0 Å². The van der Waals surface area contributed by atoms with Crippen LogP contribution in [0.4, 0.5) is 0 Å². The van der Waals surface area contributed by atoms with Gasteiger partial charge in [0.15, 0.2) is 0 Å². The Kier molecular flexibility index (Phi) is 30.2. The van der Waals surface area contributed by atoms with Crippen molar-refractivity contribution in [3.63, 3.8) is 0 Å². The first-order chi connectivity index (χ1) is 35.7. The molecule has 72 heavy (non-hydrogen) atoms. The Morgan fingerprint density at radius 3 is 0.847 bits per heavy atom. The van der Waals surface area contributed by atoms with E-state index in [1.807, 2.05) is 96.9 Å². The van der Waals surface area contributed by atoms with E-state index in [0.29, 0.717) is 0 Å². The summed E-state index contributed by atoms with van der Waals surface area (Å²) >= 11 is 0. The lowest BCUT2D eigenvalue weighted by Crippen LogP contribution is -1.88. The average molecular weight is 951 g/mol. The van der Waals surface area contributed by atoms with Crippen LogP contribution in [0.25, 0.3) is 76.1 Å². The van der Waals surface area contributed by atoms with Crippen LogP contribution >= 0.6 is 0 Å². The van der Waals surface area contributed by atoms with Crippen LogP contribution in [0, 0.1) is 6.92 Å². The van der Waals surface area contributed by atoms with E-state index in [1.54, 1.807) is 0 Å². The van der Waals surface area contributed by atoms with Crippen LogP contribution in [0.3, 0.4) is 0 Å². The highest BCUT2D eigenvalue weighted by molar-refractivity contribution is 6.15. The van der Waals surface area contributed by atoms with E-state index in [1.165, 1.54) is 92.8 Å². The van der Waals surface area contributed by atoms with Crippen LogP contribution in [0.1, 0.15) is 114 Å². The van der Waals surface area contributed by atoms with Gasteiger partial charge in [-0.3, -0.25) is 0 Å². The number of hydrogen-bond donors (Lipinski definition) is 0. The van der Waals surface area contributed by atoms with Crippen molar-refractivity contribution in [2.45, 2.75) is 110 Å². The second kappa shape index (κ2) is 35.8. The molecule has 0 radical (unpaired) electrons. The van der Waals surface area contributed by atoms with E-state index in [4.69, 9.17) is 0 Å². The van der Waals surface area contributed by atoms with Gasteiger partial charge in [-0.15, -0.1) is 0 Å². The minimum atomic E-state index is 1.10. The molecule has 11 aromatic carbocycles. The highest BCUT2D eigenvalue weighted by Gasteiger charge is 2.16. The number of hydrogen-bond acceptors (Lipinski definition) is 0. The molecule has 0 aromatic heterocycles. The normalized spacial score (nSPS) is 9.54. The van der Waals surface area contributed by atoms with E-state index >= 15 is 0 Å². The maximum absolute atomic E-state index is 2.23. The summed E-state index contributed by atoms with van der Waals surface area (Å²) in [5.74, 6) is 0. The van der Waals surface area contributed by atoms with Crippen molar-refractivity contribution in [1.29, 1.82) is 0 Å². The lowest BCUT2D eigenvalue weighted by Gasteiger charge is -2.15. The van der Waals surface area contributed by atoms with Crippen molar-refractivity contribution in [2.75, 3.05) is 0 Å². The van der Waals surface area contributed by atoms with Crippen LogP contribution in [0.2, 0.25) is 0 Å². The number of benzene rings is 11. The zero-order valence-electron chi connectivity index (χ0n) is 46.7. The van der Waals surface area contributed by atoms with Crippen molar-refractivity contribution in [2.24, 2.45) is 0 Å². The standard InChI is InChI=1S/C21H16.C14H10.C13H10.C10H8.7C2H6/c1-15-17-11-5-7-13-19(17)21(16-9-3-2-4-10-16)20-14-8-6-12-18(15)20;1-3-7-13-11(5-1)9-10-12-6-2-4-8-14(12)13;1-3-7-12-10(5-1)9-11-6-2-4-8-13(11)12;1-2-6-10-8-4-3-7-9(10)5-1;7*1-2/h2-14H,1H3;1-10H;1-8H,9H2;1-8H;7*1-2H3. The zero-order chi connectivity index (χ0) is 53.1. The third-order valence-electron chi connectivity index (χ3n) is 11.3. The number of aryl methyl sites for hydroxylation is 1. The topological polar surface area (TPSA) is 0 Å². The predicted octanol–water partition coefficient (Wildman–Crippen LogP) is 23.2. The summed E-state index contributed by atoms with van der Waals surface area (Å²) in [6.07, 6.45) is 1.10. The molecule has 0 N–H and O–H groups in total. The summed E-state index contributed by atoms with van der Waals surface area (Å²) in [6.45, 7) is 30.2. The van der Waals surface area contributed by atoms with Crippen molar-refractivity contribution in [3.05, 3.63) is 253 Å². The molecular formula is C72H86. The number of fused-ring (bicyclic) bond motifs is 9. The maximum atomic E-state index is 2.23. The molecule has 12 rings (SSSR count). The van der Waals surface area contributed by atoms with Crippen LogP contribution < -0.4 is 0 Å². The van der Waals surface area contributed by atoms with Gasteiger partial charge in [0.2, 0.25) is 0 Å². The van der Waals surface area contributed by atoms with Crippen LogP contribution in [-0.2, 0) is 6.42 Å². The van der Waals surface area contributed by atoms with E-state index in [-0.39, 0.29) is 0 Å². The summed E-state index contributed by atoms with van der Waals surface area (Å²) in [6, 6.07) is 83.5. The molecule has 0 heteroatoms. The first kappa shape index (κ1) is 60.8. The Morgan fingerprint density at radius 1 is 0.222 bits per heavy atom. The summed E-state index contributed by atoms with van der Waals surface area (Å²) in [5, 5.41) is 13.3. The second-order valence-electron chi connectivity index (χ2n) is 14.8. The van der Waals surface area contributed by atoms with Crippen molar-refractivity contribution < 1.29 is 0 Å². The fourth-order valence-corrected chi connectivity index (χ4v) is 8.43. The summed E-state index contributed by atoms with van der Waals surface area (Å²) in [5.41, 5.74) is 9.74. The fraction of sp³-hybridized carbons (Fsp3) is 0.222. The minimum Gasteiger partial charge on any atom is -0.0683 e. The Bertz CT molecular complexity index is 2930. The summed E-state index contributed by atoms with van der Waals surface area (Å²) < 4.78 is 0. The average Bonchev–Trinajstić information content (AvgIpc) is 3.88. The second-order valence-corrected chi connectivity index (χ2v) is 14.8. The SMILES string of the molecule is CC.CC.CC.CC.CC.CC.CC.Cc1c2ccccc2c(-c2ccccc2)c2ccccc12.c1ccc2c(c1)Cc1ccccc1-2.c1ccc2c(c1)ccc1ccccc12.c1ccc2ccccc2c1. The molecule has 1 aliphatic rings. The molecule has 0 unspecified atom stereocenters. The molecule has 0 spiro atoms. The molecule has 0 heterocycles. The first-order valence-corrected chi connectivity index (χ1v) is 27.1. The minimum absolute atomic E-state index is 1.10. The molecule has 0 atom stereocenters. The molecule has 0 saturated carbocycles. The molecule has 374 valence electrons. The van der Waals surface area contributed by atoms with Crippen molar-refractivity contribution >= 4 is 53.9 Å². The Balaban J connectivity index is 0.000000311. The Morgan fingerprint density at radius 2 is 0.486 bits per heavy atom. The summed E-state index contributed by atoms with van der Waals surface area (Å²) in [4.78, 5) is 0. The highest BCUT2D eigenvalue weighted by Crippen LogP contribution is 2.39. The van der Waals surface area contributed by atoms with Gasteiger partial charge in [-0.1, -0.05) is 334 Å². The van der Waals surface area contributed by atoms with Crippen LogP contribution in [-0.4, -0.2) is 0 Å². The van der Waals surface area contributed by atoms with Gasteiger partial charge in [0, 0.05) is 0 Å². The molecule has 0 fully saturated rings. The van der Waals surface area contributed by atoms with Crippen molar-refractivity contribution in [1.82, 2.24) is 0 Å². The van der Waals surface area contributed by atoms with Crippen molar-refractivity contribution in [3.8, 4) is 22.3 Å². The van der Waals surface area contributed by atoms with Crippen LogP contribution in [0.15, 0.2) is 237 Å². The first-order valence-electron chi connectivity index (χ1n) is 27.1. The fourth-order valence-electron chi connectivity index (χ4n) is 8.43. The molecule has 0 saturated heterocycles. The quantitative estimate of drug-likeness (QED) is 0.114. The van der Waals surface area contributed by atoms with Gasteiger partial charge in [0.05, 0.1) is 0 Å². The van der Waals surface area contributed by atoms with Gasteiger partial charge >= 0.3 is 0 Å². The largest absolute Gasteiger partial charge is 0.0683 e. The molecule has 0 bridgehead atoms. The third kappa shape index (κ3) is 16.1. The monoisotopic (exact) mass is 951 g/mol. The van der Waals surface area contributed by atoms with Gasteiger partial charge in [-0.2, -0.15) is 0 Å². The lowest BCUT2D eigenvalue weighted by atomic mass is 9.89. The predicted molar refractivity (Wildman–Crippen MR) is 331 cm³/mol. The van der Waals surface area contributed by atoms with E-state index in [2.05, 4.69) is 244 Å². The molecular weight excluding hydrogens is 865 g/mol. The van der Waals surface area contributed by atoms with E-state index in [0.717, 1.165) is 6.42 Å². The molecule has 0 aliphatic heterocycles. The molecule has 0 nitrogen and oxygen atoms in total. The number of rotatable bonds is 1. The van der Waals surface area contributed by atoms with E-state index in [9.17, 15) is 0 Å². The molecule has 1 aliphatic carbocycles. The third-order valence-corrected chi connectivity index (χ3v) is 11.3. The Labute approximate surface area is 437 Å². The zero-order valence-corrected chi connectivity index (χ0v) is 46.7. The van der Waals surface area contributed by atoms with Gasteiger partial charge in [0.1, 0.15) is 0 Å². The van der Waals surface area contributed by atoms with Gasteiger partial charge in [-0.25, -0.2) is 0 Å². The van der Waals surface area contributed by atoms with Gasteiger partial charge in [-0.05, 0) is 106 Å². The summed E-state index contributed by atoms with van der Waals surface area (Å²) in [7, 11) is 0. The van der Waals surface area contributed by atoms with Crippen LogP contribution in [0.5, 0.6) is 0 Å². The molecule has 0 amide bonds. The molecule has 11 aromatic rings. The highest BCUT2D eigenvalue weighted by atomic mass is 14.2. The Hall–Kier alpha value is -7.28. The van der Waals surface area contributed by atoms with Gasteiger partial charge < -0.3 is 0 Å². The maximum Gasteiger partial charge on any atom is -0.00135 e.